The van der Waals surface area contributed by atoms with Gasteiger partial charge in [-0.1, -0.05) is 6.92 Å². The number of nitrogens with zero attached hydrogens (tertiary/aromatic N) is 1. The second-order valence-electron chi connectivity index (χ2n) is 6.33. The van der Waals surface area contributed by atoms with E-state index in [0.29, 0.717) is 12.1 Å². The molecule has 4 nitrogen and oxygen atoms in total. The molecule has 0 saturated carbocycles. The van der Waals surface area contributed by atoms with E-state index in [1.807, 2.05) is 6.92 Å². The number of halogens is 1. The molecule has 1 fully saturated rings. The molecule has 22 heavy (non-hydrogen) atoms. The average Bonchev–Trinajstić information content (AvgIpc) is 2.45. The van der Waals surface area contributed by atoms with Gasteiger partial charge in [0, 0.05) is 12.6 Å². The second-order valence-corrected chi connectivity index (χ2v) is 8.06. The summed E-state index contributed by atoms with van der Waals surface area (Å²) in [6, 6.07) is 3.89. The lowest BCUT2D eigenvalue weighted by molar-refractivity contribution is 0.148. The summed E-state index contributed by atoms with van der Waals surface area (Å²) in [6.07, 6.45) is 2.32. The largest absolute Gasteiger partial charge is 0.299 e. The normalized spacial score (nSPS) is 19.3. The van der Waals surface area contributed by atoms with Gasteiger partial charge in [0.25, 0.3) is 0 Å². The van der Waals surface area contributed by atoms with Gasteiger partial charge in [0.1, 0.15) is 5.82 Å². The maximum Gasteiger partial charge on any atom is 0.240 e. The fourth-order valence-electron chi connectivity index (χ4n) is 2.82. The highest BCUT2D eigenvalue weighted by atomic mass is 32.2. The van der Waals surface area contributed by atoms with Crippen LogP contribution in [0.2, 0.25) is 0 Å². The van der Waals surface area contributed by atoms with Gasteiger partial charge in [-0.05, 0) is 69.5 Å². The van der Waals surface area contributed by atoms with Gasteiger partial charge < -0.3 is 0 Å². The quantitative estimate of drug-likeness (QED) is 0.903. The second kappa shape index (κ2) is 7.06. The summed E-state index contributed by atoms with van der Waals surface area (Å²) >= 11 is 0. The van der Waals surface area contributed by atoms with E-state index in [0.717, 1.165) is 31.8 Å². The monoisotopic (exact) mass is 328 g/mol. The Morgan fingerprint density at radius 3 is 2.59 bits per heavy atom. The van der Waals surface area contributed by atoms with Crippen LogP contribution in [0.15, 0.2) is 23.1 Å². The van der Waals surface area contributed by atoms with Crippen molar-refractivity contribution < 1.29 is 12.8 Å². The minimum atomic E-state index is -3.60. The predicted molar refractivity (Wildman–Crippen MR) is 85.8 cm³/mol. The van der Waals surface area contributed by atoms with Crippen LogP contribution in [0.1, 0.15) is 32.3 Å². The molecular weight excluding hydrogens is 303 g/mol. The van der Waals surface area contributed by atoms with Crippen molar-refractivity contribution in [2.45, 2.75) is 44.6 Å². The highest BCUT2D eigenvalue weighted by Gasteiger charge is 2.23. The van der Waals surface area contributed by atoms with Gasteiger partial charge in [0.05, 0.1) is 4.90 Å². The smallest absolute Gasteiger partial charge is 0.240 e. The minimum absolute atomic E-state index is 0.147. The summed E-state index contributed by atoms with van der Waals surface area (Å²) in [6.45, 7) is 8.29. The lowest BCUT2D eigenvalue weighted by atomic mass is 9.98. The Balaban J connectivity index is 1.97. The van der Waals surface area contributed by atoms with Gasteiger partial charge in [-0.3, -0.25) is 4.90 Å². The summed E-state index contributed by atoms with van der Waals surface area (Å²) in [5, 5.41) is 0. The van der Waals surface area contributed by atoms with Crippen LogP contribution in [0.4, 0.5) is 4.39 Å². The number of piperidine rings is 1. The molecule has 0 aliphatic carbocycles. The molecule has 0 spiro atoms. The van der Waals surface area contributed by atoms with Crippen LogP contribution in [-0.4, -0.2) is 39.0 Å². The molecule has 0 bridgehead atoms. The lowest BCUT2D eigenvalue weighted by Crippen LogP contribution is -2.45. The molecule has 1 atom stereocenters. The molecule has 1 N–H and O–H groups in total. The first-order chi connectivity index (χ1) is 10.3. The number of benzene rings is 1. The third-order valence-electron chi connectivity index (χ3n) is 4.44. The molecular formula is C16H25FN2O2S. The van der Waals surface area contributed by atoms with E-state index < -0.39 is 15.8 Å². The Morgan fingerprint density at radius 2 is 2.00 bits per heavy atom. The molecule has 1 saturated heterocycles. The highest BCUT2D eigenvalue weighted by Crippen LogP contribution is 2.19. The Labute approximate surface area is 132 Å². The molecule has 1 heterocycles. The fraction of sp³-hybridized carbons (Fsp3) is 0.625. The first-order valence-corrected chi connectivity index (χ1v) is 9.28. The summed E-state index contributed by atoms with van der Waals surface area (Å²) in [7, 11) is -3.60. The number of hydrogen-bond acceptors (Lipinski definition) is 3. The zero-order chi connectivity index (χ0) is 16.3. The first kappa shape index (κ1) is 17.4. The summed E-state index contributed by atoms with van der Waals surface area (Å²) in [5.74, 6) is 0.328. The van der Waals surface area contributed by atoms with Gasteiger partial charge in [0.2, 0.25) is 10.0 Å². The zero-order valence-electron chi connectivity index (χ0n) is 13.5. The standard InChI is InChI=1S/C16H25FN2O2S/c1-12-6-8-19(9-7-12)14(3)11-18-22(20,21)16-5-4-15(17)10-13(16)2/h4-5,10,12,14,18H,6-9,11H2,1-3H3. The van der Waals surface area contributed by atoms with Crippen molar-refractivity contribution in [1.82, 2.24) is 9.62 Å². The van der Waals surface area contributed by atoms with Gasteiger partial charge >= 0.3 is 0 Å². The Morgan fingerprint density at radius 1 is 1.36 bits per heavy atom. The number of rotatable bonds is 5. The number of sulfonamides is 1. The maximum atomic E-state index is 13.1. The van der Waals surface area contributed by atoms with Crippen molar-refractivity contribution in [2.75, 3.05) is 19.6 Å². The van der Waals surface area contributed by atoms with Crippen LogP contribution in [0, 0.1) is 18.7 Å². The Hall–Kier alpha value is -0.980. The number of nitrogens with one attached hydrogen (secondary N) is 1. The summed E-state index contributed by atoms with van der Waals surface area (Å²) in [4.78, 5) is 2.47. The van der Waals surface area contributed by atoms with Crippen molar-refractivity contribution >= 4 is 10.0 Å². The molecule has 0 amide bonds. The molecule has 0 aromatic heterocycles. The molecule has 1 unspecified atom stereocenters. The molecule has 1 aliphatic heterocycles. The van der Waals surface area contributed by atoms with E-state index in [9.17, 15) is 12.8 Å². The van der Waals surface area contributed by atoms with E-state index >= 15 is 0 Å². The fourth-order valence-corrected chi connectivity index (χ4v) is 4.17. The highest BCUT2D eigenvalue weighted by molar-refractivity contribution is 7.89. The Kier molecular flexibility index (Phi) is 5.58. The van der Waals surface area contributed by atoms with Crippen LogP contribution in [-0.2, 0) is 10.0 Å². The molecule has 0 radical (unpaired) electrons. The summed E-state index contributed by atoms with van der Waals surface area (Å²) in [5.41, 5.74) is 0.423. The van der Waals surface area contributed by atoms with E-state index in [4.69, 9.17) is 0 Å². The maximum absolute atomic E-state index is 13.1. The van der Waals surface area contributed by atoms with Crippen LogP contribution >= 0.6 is 0 Å². The first-order valence-electron chi connectivity index (χ1n) is 7.79. The molecule has 6 heteroatoms. The number of likely N-dealkylation sites (tertiary alicyclic amines) is 1. The predicted octanol–water partition coefficient (Wildman–Crippen LogP) is 2.53. The van der Waals surface area contributed by atoms with Crippen molar-refractivity contribution in [1.29, 1.82) is 0 Å². The van der Waals surface area contributed by atoms with Gasteiger partial charge in [0.15, 0.2) is 0 Å². The number of aryl methyl sites for hydroxylation is 1. The van der Waals surface area contributed by atoms with Crippen molar-refractivity contribution in [3.8, 4) is 0 Å². The van der Waals surface area contributed by atoms with Crippen LogP contribution < -0.4 is 4.72 Å². The molecule has 1 aromatic rings. The van der Waals surface area contributed by atoms with Crippen LogP contribution in [0.25, 0.3) is 0 Å². The van der Waals surface area contributed by atoms with E-state index in [1.165, 1.54) is 18.2 Å². The average molecular weight is 328 g/mol. The molecule has 1 aliphatic rings. The molecule has 124 valence electrons. The van der Waals surface area contributed by atoms with Crippen molar-refractivity contribution in [2.24, 2.45) is 5.92 Å². The van der Waals surface area contributed by atoms with Gasteiger partial charge in [-0.15, -0.1) is 0 Å². The van der Waals surface area contributed by atoms with E-state index in [-0.39, 0.29) is 10.9 Å². The SMILES string of the molecule is Cc1cc(F)ccc1S(=O)(=O)NCC(C)N1CCC(C)CC1. The molecule has 1 aromatic carbocycles. The topological polar surface area (TPSA) is 49.4 Å². The molecule has 2 rings (SSSR count). The van der Waals surface area contributed by atoms with E-state index in [2.05, 4.69) is 16.5 Å². The van der Waals surface area contributed by atoms with Crippen molar-refractivity contribution in [3.63, 3.8) is 0 Å². The van der Waals surface area contributed by atoms with Crippen LogP contribution in [0.5, 0.6) is 0 Å². The van der Waals surface area contributed by atoms with Crippen molar-refractivity contribution in [3.05, 3.63) is 29.6 Å². The lowest BCUT2D eigenvalue weighted by Gasteiger charge is -2.35. The Bertz CT molecular complexity index is 611. The van der Waals surface area contributed by atoms with Gasteiger partial charge in [-0.25, -0.2) is 17.5 Å². The third kappa shape index (κ3) is 4.27. The zero-order valence-corrected chi connectivity index (χ0v) is 14.3. The third-order valence-corrected chi connectivity index (χ3v) is 6.02. The number of hydrogen-bond donors (Lipinski definition) is 1. The minimum Gasteiger partial charge on any atom is -0.299 e. The summed E-state index contributed by atoms with van der Waals surface area (Å²) < 4.78 is 40.5. The van der Waals surface area contributed by atoms with Crippen LogP contribution in [0.3, 0.4) is 0 Å². The van der Waals surface area contributed by atoms with Gasteiger partial charge in [-0.2, -0.15) is 0 Å². The van der Waals surface area contributed by atoms with E-state index in [1.54, 1.807) is 6.92 Å².